The Morgan fingerprint density at radius 2 is 1.95 bits per heavy atom. The fraction of sp³-hybridized carbons (Fsp3) is 0.600. The molecule has 0 saturated carbocycles. The van der Waals surface area contributed by atoms with Crippen LogP contribution in [-0.4, -0.2) is 44.4 Å². The topological polar surface area (TPSA) is 24.5 Å². The number of morpholine rings is 1. The predicted molar refractivity (Wildman–Crippen MR) is 84.2 cm³/mol. The third-order valence-electron chi connectivity index (χ3n) is 3.48. The van der Waals surface area contributed by atoms with Gasteiger partial charge in [0, 0.05) is 37.1 Å². The fourth-order valence-corrected chi connectivity index (χ4v) is 2.43. The molecule has 3 nitrogen and oxygen atoms in total. The van der Waals surface area contributed by atoms with Crippen molar-refractivity contribution in [3.63, 3.8) is 0 Å². The summed E-state index contributed by atoms with van der Waals surface area (Å²) in [5, 5.41) is 4.17. The zero-order valence-electron chi connectivity index (χ0n) is 11.9. The summed E-state index contributed by atoms with van der Waals surface area (Å²) in [5.74, 6) is 0. The van der Waals surface area contributed by atoms with Gasteiger partial charge in [-0.05, 0) is 24.0 Å². The van der Waals surface area contributed by atoms with Crippen molar-refractivity contribution in [1.29, 1.82) is 0 Å². The van der Waals surface area contributed by atoms with Gasteiger partial charge in [0.1, 0.15) is 0 Å². The minimum atomic E-state index is 0.674. The summed E-state index contributed by atoms with van der Waals surface area (Å²) in [6.07, 6.45) is 2.16. The van der Waals surface area contributed by atoms with Crippen LogP contribution >= 0.6 is 11.8 Å². The van der Waals surface area contributed by atoms with Gasteiger partial charge in [-0.25, -0.2) is 0 Å². The lowest BCUT2D eigenvalue weighted by molar-refractivity contribution is 0.122. The van der Waals surface area contributed by atoms with E-state index < -0.39 is 0 Å². The third-order valence-corrected chi connectivity index (χ3v) is 4.45. The van der Waals surface area contributed by atoms with E-state index in [2.05, 4.69) is 47.7 Å². The van der Waals surface area contributed by atoms with Crippen LogP contribution < -0.4 is 10.2 Å². The monoisotopic (exact) mass is 280 g/mol. The smallest absolute Gasteiger partial charge is 0.0642 e. The summed E-state index contributed by atoms with van der Waals surface area (Å²) >= 11 is 1.90. The first-order chi connectivity index (χ1) is 9.29. The summed E-state index contributed by atoms with van der Waals surface area (Å²) in [5.41, 5.74) is 2.66. The van der Waals surface area contributed by atoms with Crippen molar-refractivity contribution >= 4 is 17.4 Å². The van der Waals surface area contributed by atoms with Gasteiger partial charge in [-0.3, -0.25) is 0 Å². The van der Waals surface area contributed by atoms with E-state index in [1.165, 1.54) is 11.3 Å². The average molecular weight is 280 g/mol. The molecular formula is C15H24N2OS. The van der Waals surface area contributed by atoms with E-state index in [1.54, 1.807) is 0 Å². The molecule has 19 heavy (non-hydrogen) atoms. The van der Waals surface area contributed by atoms with E-state index in [1.807, 2.05) is 11.8 Å². The van der Waals surface area contributed by atoms with E-state index in [-0.39, 0.29) is 0 Å². The van der Waals surface area contributed by atoms with Crippen LogP contribution in [0.3, 0.4) is 0 Å². The van der Waals surface area contributed by atoms with Crippen molar-refractivity contribution in [3.05, 3.63) is 29.8 Å². The number of nitrogens with zero attached hydrogens (tertiary/aromatic N) is 1. The van der Waals surface area contributed by atoms with E-state index in [0.29, 0.717) is 5.25 Å². The van der Waals surface area contributed by atoms with Crippen LogP contribution in [0, 0.1) is 0 Å². The van der Waals surface area contributed by atoms with Gasteiger partial charge in [-0.1, -0.05) is 19.1 Å². The maximum absolute atomic E-state index is 5.38. The second-order valence-corrected chi connectivity index (χ2v) is 6.22. The molecule has 0 bridgehead atoms. The maximum Gasteiger partial charge on any atom is 0.0642 e. The molecule has 1 aliphatic heterocycles. The standard InChI is InChI=1S/C15H24N2OS/c1-13(19-2)11-16-12-14-3-5-15(6-4-14)17-7-9-18-10-8-17/h3-6,13,16H,7-12H2,1-2H3. The van der Waals surface area contributed by atoms with E-state index in [0.717, 1.165) is 39.4 Å². The van der Waals surface area contributed by atoms with E-state index in [9.17, 15) is 0 Å². The zero-order valence-corrected chi connectivity index (χ0v) is 12.7. The highest BCUT2D eigenvalue weighted by atomic mass is 32.2. The summed E-state index contributed by atoms with van der Waals surface area (Å²) in [7, 11) is 0. The number of hydrogen-bond donors (Lipinski definition) is 1. The molecule has 106 valence electrons. The maximum atomic E-state index is 5.38. The normalized spacial score (nSPS) is 17.5. The number of anilines is 1. The molecule has 1 saturated heterocycles. The van der Waals surface area contributed by atoms with Crippen molar-refractivity contribution in [2.24, 2.45) is 0 Å². The van der Waals surface area contributed by atoms with Crippen LogP contribution in [0.5, 0.6) is 0 Å². The molecule has 2 rings (SSSR count). The Balaban J connectivity index is 1.80. The van der Waals surface area contributed by atoms with E-state index >= 15 is 0 Å². The average Bonchev–Trinajstić information content (AvgIpc) is 2.48. The largest absolute Gasteiger partial charge is 0.378 e. The van der Waals surface area contributed by atoms with Gasteiger partial charge in [0.05, 0.1) is 13.2 Å². The highest BCUT2D eigenvalue weighted by Crippen LogP contribution is 2.16. The van der Waals surface area contributed by atoms with Gasteiger partial charge in [0.25, 0.3) is 0 Å². The number of nitrogens with one attached hydrogen (secondary N) is 1. The Bertz CT molecular complexity index is 363. The molecule has 0 aromatic heterocycles. The lowest BCUT2D eigenvalue weighted by Crippen LogP contribution is -2.36. The molecule has 1 fully saturated rings. The minimum Gasteiger partial charge on any atom is -0.378 e. The molecule has 1 aliphatic rings. The number of thioether (sulfide) groups is 1. The first-order valence-corrected chi connectivity index (χ1v) is 8.23. The molecule has 0 amide bonds. The van der Waals surface area contributed by atoms with Crippen molar-refractivity contribution in [2.45, 2.75) is 18.7 Å². The van der Waals surface area contributed by atoms with Gasteiger partial charge in [-0.2, -0.15) is 11.8 Å². The second-order valence-electron chi connectivity index (χ2n) is 4.94. The lowest BCUT2D eigenvalue weighted by atomic mass is 10.2. The second kappa shape index (κ2) is 7.78. The SMILES string of the molecule is CSC(C)CNCc1ccc(N2CCOCC2)cc1. The molecular weight excluding hydrogens is 256 g/mol. The van der Waals surface area contributed by atoms with Gasteiger partial charge in [0.15, 0.2) is 0 Å². The quantitative estimate of drug-likeness (QED) is 0.864. The third kappa shape index (κ3) is 4.71. The van der Waals surface area contributed by atoms with Crippen LogP contribution in [0.25, 0.3) is 0 Å². The van der Waals surface area contributed by atoms with Crippen LogP contribution in [0.1, 0.15) is 12.5 Å². The van der Waals surface area contributed by atoms with Gasteiger partial charge in [0.2, 0.25) is 0 Å². The molecule has 0 spiro atoms. The van der Waals surface area contributed by atoms with Crippen LogP contribution in [0.2, 0.25) is 0 Å². The highest BCUT2D eigenvalue weighted by Gasteiger charge is 2.10. The Morgan fingerprint density at radius 3 is 2.58 bits per heavy atom. The molecule has 1 unspecified atom stereocenters. The molecule has 1 aromatic rings. The van der Waals surface area contributed by atoms with Crippen molar-refractivity contribution < 1.29 is 4.74 Å². The molecule has 1 atom stereocenters. The van der Waals surface area contributed by atoms with Crippen LogP contribution in [-0.2, 0) is 11.3 Å². The number of rotatable bonds is 6. The molecule has 1 heterocycles. The highest BCUT2D eigenvalue weighted by molar-refractivity contribution is 7.99. The zero-order chi connectivity index (χ0) is 13.5. The Morgan fingerprint density at radius 1 is 1.26 bits per heavy atom. The van der Waals surface area contributed by atoms with Crippen molar-refractivity contribution in [2.75, 3.05) is 44.0 Å². The fourth-order valence-electron chi connectivity index (χ4n) is 2.15. The summed E-state index contributed by atoms with van der Waals surface area (Å²) in [4.78, 5) is 2.39. The number of hydrogen-bond acceptors (Lipinski definition) is 4. The number of ether oxygens (including phenoxy) is 1. The van der Waals surface area contributed by atoms with Gasteiger partial charge >= 0.3 is 0 Å². The summed E-state index contributed by atoms with van der Waals surface area (Å²) < 4.78 is 5.38. The predicted octanol–water partition coefficient (Wildman–Crippen LogP) is 2.36. The molecule has 1 aromatic carbocycles. The Hall–Kier alpha value is -0.710. The van der Waals surface area contributed by atoms with Gasteiger partial charge < -0.3 is 15.0 Å². The molecule has 1 N–H and O–H groups in total. The van der Waals surface area contributed by atoms with Crippen molar-refractivity contribution in [3.8, 4) is 0 Å². The Labute approximate surface area is 120 Å². The summed E-state index contributed by atoms with van der Waals surface area (Å²) in [6, 6.07) is 8.89. The minimum absolute atomic E-state index is 0.674. The lowest BCUT2D eigenvalue weighted by Gasteiger charge is -2.28. The Kier molecular flexibility index (Phi) is 6.01. The van der Waals surface area contributed by atoms with E-state index in [4.69, 9.17) is 4.74 Å². The summed E-state index contributed by atoms with van der Waals surface area (Å²) in [6.45, 7) is 7.96. The number of benzene rings is 1. The first-order valence-electron chi connectivity index (χ1n) is 6.94. The molecule has 4 heteroatoms. The van der Waals surface area contributed by atoms with Gasteiger partial charge in [-0.15, -0.1) is 0 Å². The van der Waals surface area contributed by atoms with Crippen LogP contribution in [0.4, 0.5) is 5.69 Å². The molecule has 0 aliphatic carbocycles. The first kappa shape index (κ1) is 14.7. The van der Waals surface area contributed by atoms with Crippen LogP contribution in [0.15, 0.2) is 24.3 Å². The molecule has 0 radical (unpaired) electrons. The van der Waals surface area contributed by atoms with Crippen molar-refractivity contribution in [1.82, 2.24) is 5.32 Å².